The molecule has 0 fully saturated rings. The number of carboxylic acid groups (broad SMARTS) is 1. The molecule has 0 aromatic heterocycles. The molecule has 1 atom stereocenters. The summed E-state index contributed by atoms with van der Waals surface area (Å²) in [5.74, 6) is -1.05. The number of carbonyl (C=O) groups excluding carboxylic acids is 1. The van der Waals surface area contributed by atoms with Crippen molar-refractivity contribution in [1.82, 2.24) is 5.32 Å². The largest absolute Gasteiger partial charge is 0.481 e. The van der Waals surface area contributed by atoms with Crippen LogP contribution < -0.4 is 5.32 Å². The molecule has 0 heterocycles. The van der Waals surface area contributed by atoms with E-state index in [0.717, 1.165) is 0 Å². The van der Waals surface area contributed by atoms with Gasteiger partial charge in [0.05, 0.1) is 12.0 Å². The van der Waals surface area contributed by atoms with E-state index < -0.39 is 16.9 Å². The molecule has 0 unspecified atom stereocenters. The van der Waals surface area contributed by atoms with Crippen molar-refractivity contribution in [2.24, 2.45) is 5.41 Å². The molecular formula is C13H25NO3. The van der Waals surface area contributed by atoms with Crippen LogP contribution >= 0.6 is 0 Å². The number of carboxylic acids is 1. The summed E-state index contributed by atoms with van der Waals surface area (Å²) >= 11 is 0. The van der Waals surface area contributed by atoms with E-state index in [9.17, 15) is 9.59 Å². The quantitative estimate of drug-likeness (QED) is 0.794. The molecule has 100 valence electrons. The maximum absolute atomic E-state index is 12.4. The van der Waals surface area contributed by atoms with Crippen LogP contribution in [0.15, 0.2) is 0 Å². The molecular weight excluding hydrogens is 218 g/mol. The van der Waals surface area contributed by atoms with Crippen molar-refractivity contribution in [2.45, 2.75) is 66.0 Å². The Labute approximate surface area is 104 Å². The first-order valence-electron chi connectivity index (χ1n) is 5.84. The first-order valence-corrected chi connectivity index (χ1v) is 5.84. The number of aliphatic carboxylic acids is 1. The van der Waals surface area contributed by atoms with Gasteiger partial charge in [0.25, 0.3) is 0 Å². The van der Waals surface area contributed by atoms with Gasteiger partial charge in [-0.1, -0.05) is 20.8 Å². The van der Waals surface area contributed by atoms with Gasteiger partial charge in [-0.15, -0.1) is 0 Å². The van der Waals surface area contributed by atoms with Crippen LogP contribution in [-0.4, -0.2) is 27.9 Å². The monoisotopic (exact) mass is 243 g/mol. The molecule has 2 N–H and O–H groups in total. The van der Waals surface area contributed by atoms with E-state index in [0.29, 0.717) is 0 Å². The second-order valence-corrected chi connectivity index (χ2v) is 6.86. The molecule has 4 nitrogen and oxygen atoms in total. The number of nitrogens with one attached hydrogen (secondary N) is 1. The van der Waals surface area contributed by atoms with Crippen molar-refractivity contribution < 1.29 is 14.7 Å². The minimum absolute atomic E-state index is 0.0812. The highest BCUT2D eigenvalue weighted by atomic mass is 16.4. The number of carbonyl (C=O) groups is 2. The maximum Gasteiger partial charge on any atom is 0.305 e. The third-order valence-electron chi connectivity index (χ3n) is 2.34. The van der Waals surface area contributed by atoms with Gasteiger partial charge in [-0.2, -0.15) is 0 Å². The fraction of sp³-hybridized carbons (Fsp3) is 0.846. The van der Waals surface area contributed by atoms with Crippen molar-refractivity contribution in [2.75, 3.05) is 0 Å². The van der Waals surface area contributed by atoms with E-state index in [2.05, 4.69) is 5.32 Å². The predicted molar refractivity (Wildman–Crippen MR) is 68.0 cm³/mol. The summed E-state index contributed by atoms with van der Waals surface area (Å²) in [5.41, 5.74) is -1.92. The summed E-state index contributed by atoms with van der Waals surface area (Å²) in [6.07, 6.45) is -0.208. The van der Waals surface area contributed by atoms with Crippen molar-refractivity contribution in [3.8, 4) is 0 Å². The lowest BCUT2D eigenvalue weighted by molar-refractivity contribution is -0.144. The molecule has 0 rings (SSSR count). The SMILES string of the molecule is CC(C)(C)N[C@](C)(CC(=O)O)C(=O)C(C)(C)C. The number of Topliss-reactive ketones (excluding diaryl/α,β-unsaturated/α-hetero) is 1. The van der Waals surface area contributed by atoms with Crippen LogP contribution in [0.5, 0.6) is 0 Å². The fourth-order valence-corrected chi connectivity index (χ4v) is 2.14. The van der Waals surface area contributed by atoms with Crippen molar-refractivity contribution in [1.29, 1.82) is 0 Å². The van der Waals surface area contributed by atoms with Crippen molar-refractivity contribution >= 4 is 11.8 Å². The molecule has 0 saturated carbocycles. The summed E-state index contributed by atoms with van der Waals surface area (Å²) in [6, 6.07) is 0. The Kier molecular flexibility index (Phi) is 4.51. The Bertz CT molecular complexity index is 310. The summed E-state index contributed by atoms with van der Waals surface area (Å²) in [4.78, 5) is 23.3. The first-order chi connectivity index (χ1) is 7.28. The minimum atomic E-state index is -1.04. The van der Waals surface area contributed by atoms with E-state index in [1.165, 1.54) is 0 Å². The average Bonchev–Trinajstić information content (AvgIpc) is 1.95. The fourth-order valence-electron chi connectivity index (χ4n) is 2.14. The van der Waals surface area contributed by atoms with Crippen molar-refractivity contribution in [3.05, 3.63) is 0 Å². The summed E-state index contributed by atoms with van der Waals surface area (Å²) in [7, 11) is 0. The van der Waals surface area contributed by atoms with E-state index in [-0.39, 0.29) is 17.7 Å². The Morgan fingerprint density at radius 2 is 1.41 bits per heavy atom. The number of hydrogen-bond acceptors (Lipinski definition) is 3. The third-order valence-corrected chi connectivity index (χ3v) is 2.34. The zero-order valence-electron chi connectivity index (χ0n) is 12.0. The van der Waals surface area contributed by atoms with E-state index in [1.54, 1.807) is 27.7 Å². The van der Waals surface area contributed by atoms with Crippen LogP contribution in [0.3, 0.4) is 0 Å². The zero-order valence-corrected chi connectivity index (χ0v) is 12.0. The van der Waals surface area contributed by atoms with Crippen LogP contribution in [-0.2, 0) is 9.59 Å². The summed E-state index contributed by atoms with van der Waals surface area (Å²) in [6.45, 7) is 12.8. The molecule has 0 saturated heterocycles. The van der Waals surface area contributed by atoms with Gasteiger partial charge in [0.15, 0.2) is 5.78 Å². The molecule has 4 heteroatoms. The molecule has 0 spiro atoms. The average molecular weight is 243 g/mol. The van der Waals surface area contributed by atoms with Crippen molar-refractivity contribution in [3.63, 3.8) is 0 Å². The topological polar surface area (TPSA) is 66.4 Å². The highest BCUT2D eigenvalue weighted by Crippen LogP contribution is 2.27. The lowest BCUT2D eigenvalue weighted by Crippen LogP contribution is -2.60. The van der Waals surface area contributed by atoms with Gasteiger partial charge in [-0.25, -0.2) is 0 Å². The number of rotatable bonds is 4. The van der Waals surface area contributed by atoms with Gasteiger partial charge in [-0.3, -0.25) is 14.9 Å². The van der Waals surface area contributed by atoms with E-state index >= 15 is 0 Å². The molecule has 0 aliphatic rings. The van der Waals surface area contributed by atoms with Gasteiger partial charge in [0, 0.05) is 11.0 Å². The maximum atomic E-state index is 12.4. The highest BCUT2D eigenvalue weighted by Gasteiger charge is 2.43. The smallest absolute Gasteiger partial charge is 0.305 e. The first kappa shape index (κ1) is 16.1. The highest BCUT2D eigenvalue weighted by molar-refractivity contribution is 5.95. The Morgan fingerprint density at radius 3 is 1.65 bits per heavy atom. The molecule has 0 aliphatic carbocycles. The Morgan fingerprint density at radius 1 is 1.00 bits per heavy atom. The van der Waals surface area contributed by atoms with Crippen LogP contribution in [0.4, 0.5) is 0 Å². The van der Waals surface area contributed by atoms with Gasteiger partial charge >= 0.3 is 5.97 Å². The van der Waals surface area contributed by atoms with Gasteiger partial charge in [0.2, 0.25) is 0 Å². The molecule has 0 amide bonds. The second kappa shape index (κ2) is 4.77. The van der Waals surface area contributed by atoms with Crippen LogP contribution in [0.2, 0.25) is 0 Å². The third kappa shape index (κ3) is 5.31. The van der Waals surface area contributed by atoms with Crippen LogP contribution in [0.25, 0.3) is 0 Å². The molecule has 0 aliphatic heterocycles. The number of hydrogen-bond donors (Lipinski definition) is 2. The predicted octanol–water partition coefficient (Wildman–Crippen LogP) is 2.22. The van der Waals surface area contributed by atoms with Crippen LogP contribution in [0, 0.1) is 5.41 Å². The number of ketones is 1. The standard InChI is InChI=1S/C13H25NO3/c1-11(2,3)10(17)13(7,8-9(15)16)14-12(4,5)6/h14H,8H2,1-7H3,(H,15,16)/t13-/m1/s1. The molecule has 17 heavy (non-hydrogen) atoms. The lowest BCUT2D eigenvalue weighted by Gasteiger charge is -2.39. The minimum Gasteiger partial charge on any atom is -0.481 e. The van der Waals surface area contributed by atoms with Crippen LogP contribution in [0.1, 0.15) is 54.9 Å². The molecule has 0 aromatic carbocycles. The second-order valence-electron chi connectivity index (χ2n) is 6.86. The van der Waals surface area contributed by atoms with E-state index in [4.69, 9.17) is 5.11 Å². The Balaban J connectivity index is 5.25. The van der Waals surface area contributed by atoms with Gasteiger partial charge < -0.3 is 5.11 Å². The lowest BCUT2D eigenvalue weighted by atomic mass is 9.76. The van der Waals surface area contributed by atoms with E-state index in [1.807, 2.05) is 20.8 Å². The molecule has 0 aromatic rings. The Hall–Kier alpha value is -0.900. The normalized spacial score (nSPS) is 16.4. The summed E-state index contributed by atoms with van der Waals surface area (Å²) in [5, 5.41) is 12.1. The zero-order chi connectivity index (χ0) is 14.1. The van der Waals surface area contributed by atoms with Gasteiger partial charge in [0.1, 0.15) is 0 Å². The molecule has 0 radical (unpaired) electrons. The molecule has 0 bridgehead atoms. The van der Waals surface area contributed by atoms with Gasteiger partial charge in [-0.05, 0) is 27.7 Å². The summed E-state index contributed by atoms with van der Waals surface area (Å²) < 4.78 is 0.